The Hall–Kier alpha value is -1.71. The smallest absolute Gasteiger partial charge is 0.305 e. The average molecular weight is 276 g/mol. The molecule has 1 N–H and O–H groups in total. The van der Waals surface area contributed by atoms with Crippen molar-refractivity contribution in [1.82, 2.24) is 0 Å². The van der Waals surface area contributed by atoms with E-state index >= 15 is 0 Å². The average Bonchev–Trinajstić information content (AvgIpc) is 2.93. The number of carbonyl (C=O) groups is 1. The fourth-order valence-electron chi connectivity index (χ4n) is 2.73. The summed E-state index contributed by atoms with van der Waals surface area (Å²) in [7, 11) is 0. The number of carboxylic acid groups (broad SMARTS) is 1. The first kappa shape index (κ1) is 14.7. The predicted octanol–water partition coefficient (Wildman–Crippen LogP) is 2.98. The van der Waals surface area contributed by atoms with Crippen molar-refractivity contribution >= 4 is 17.3 Å². The Morgan fingerprint density at radius 2 is 1.85 bits per heavy atom. The van der Waals surface area contributed by atoms with Crippen LogP contribution in [0.4, 0.5) is 11.4 Å². The van der Waals surface area contributed by atoms with E-state index in [1.807, 2.05) is 0 Å². The molecule has 1 saturated heterocycles. The van der Waals surface area contributed by atoms with Gasteiger partial charge in [0.25, 0.3) is 0 Å². The molecule has 0 atom stereocenters. The number of rotatable bonds is 6. The molecule has 1 aliphatic heterocycles. The van der Waals surface area contributed by atoms with Crippen LogP contribution in [0.2, 0.25) is 0 Å². The second-order valence-electron chi connectivity index (χ2n) is 5.64. The van der Waals surface area contributed by atoms with Crippen LogP contribution in [0.15, 0.2) is 24.3 Å². The first-order valence-electron chi connectivity index (χ1n) is 7.41. The summed E-state index contributed by atoms with van der Waals surface area (Å²) < 4.78 is 0. The van der Waals surface area contributed by atoms with E-state index in [4.69, 9.17) is 5.11 Å². The highest BCUT2D eigenvalue weighted by molar-refractivity contribution is 5.68. The molecule has 1 aliphatic rings. The summed E-state index contributed by atoms with van der Waals surface area (Å²) in [5, 5.41) is 8.85. The second kappa shape index (κ2) is 6.64. The van der Waals surface area contributed by atoms with Gasteiger partial charge in [0.1, 0.15) is 0 Å². The third-order valence-electron chi connectivity index (χ3n) is 3.84. The quantitative estimate of drug-likeness (QED) is 0.867. The van der Waals surface area contributed by atoms with Gasteiger partial charge in [-0.25, -0.2) is 0 Å². The molecule has 1 aromatic rings. The number of benzene rings is 1. The molecule has 0 aromatic heterocycles. The summed E-state index contributed by atoms with van der Waals surface area (Å²) >= 11 is 0. The summed E-state index contributed by atoms with van der Waals surface area (Å²) in [6.07, 6.45) is 2.73. The lowest BCUT2D eigenvalue weighted by Crippen LogP contribution is -2.32. The number of hydrogen-bond donors (Lipinski definition) is 1. The Morgan fingerprint density at radius 3 is 2.35 bits per heavy atom. The first-order chi connectivity index (χ1) is 9.58. The minimum Gasteiger partial charge on any atom is -0.481 e. The number of anilines is 2. The number of hydrogen-bond acceptors (Lipinski definition) is 3. The SMILES string of the molecule is CC(C)N(CCC(=O)O)c1ccc(N2CCCC2)cc1. The van der Waals surface area contributed by atoms with Crippen LogP contribution in [0.3, 0.4) is 0 Å². The van der Waals surface area contributed by atoms with Gasteiger partial charge in [0.05, 0.1) is 6.42 Å². The number of carboxylic acids is 1. The van der Waals surface area contributed by atoms with Gasteiger partial charge < -0.3 is 14.9 Å². The van der Waals surface area contributed by atoms with Crippen molar-refractivity contribution in [1.29, 1.82) is 0 Å². The lowest BCUT2D eigenvalue weighted by molar-refractivity contribution is -0.136. The molecule has 0 radical (unpaired) electrons. The molecule has 0 amide bonds. The Kier molecular flexibility index (Phi) is 4.88. The normalized spacial score (nSPS) is 14.8. The van der Waals surface area contributed by atoms with Crippen LogP contribution >= 0.6 is 0 Å². The number of nitrogens with zero attached hydrogens (tertiary/aromatic N) is 2. The highest BCUT2D eigenvalue weighted by Crippen LogP contribution is 2.25. The Balaban J connectivity index is 2.06. The van der Waals surface area contributed by atoms with Gasteiger partial charge in [-0.1, -0.05) is 0 Å². The maximum Gasteiger partial charge on any atom is 0.305 e. The highest BCUT2D eigenvalue weighted by Gasteiger charge is 2.15. The molecule has 0 unspecified atom stereocenters. The van der Waals surface area contributed by atoms with Crippen molar-refractivity contribution in [3.63, 3.8) is 0 Å². The maximum atomic E-state index is 10.8. The van der Waals surface area contributed by atoms with Crippen LogP contribution in [0.1, 0.15) is 33.1 Å². The van der Waals surface area contributed by atoms with Crippen molar-refractivity contribution in [3.05, 3.63) is 24.3 Å². The minimum atomic E-state index is -0.746. The van der Waals surface area contributed by atoms with Crippen molar-refractivity contribution in [2.45, 2.75) is 39.2 Å². The summed E-state index contributed by atoms with van der Waals surface area (Å²) in [5.74, 6) is -0.746. The second-order valence-corrected chi connectivity index (χ2v) is 5.64. The van der Waals surface area contributed by atoms with Gasteiger partial charge in [-0.05, 0) is 51.0 Å². The summed E-state index contributed by atoms with van der Waals surface area (Å²) in [4.78, 5) is 15.3. The third kappa shape index (κ3) is 3.65. The zero-order valence-corrected chi connectivity index (χ0v) is 12.4. The van der Waals surface area contributed by atoms with Crippen LogP contribution in [0.5, 0.6) is 0 Å². The molecule has 4 heteroatoms. The van der Waals surface area contributed by atoms with E-state index in [-0.39, 0.29) is 6.42 Å². The van der Waals surface area contributed by atoms with E-state index in [0.29, 0.717) is 12.6 Å². The maximum absolute atomic E-state index is 10.8. The van der Waals surface area contributed by atoms with E-state index in [1.165, 1.54) is 18.5 Å². The molecule has 110 valence electrons. The van der Waals surface area contributed by atoms with Crippen LogP contribution in [0, 0.1) is 0 Å². The van der Waals surface area contributed by atoms with Gasteiger partial charge >= 0.3 is 5.97 Å². The first-order valence-corrected chi connectivity index (χ1v) is 7.41. The molecule has 20 heavy (non-hydrogen) atoms. The van der Waals surface area contributed by atoms with Gasteiger partial charge in [-0.2, -0.15) is 0 Å². The van der Waals surface area contributed by atoms with Crippen molar-refractivity contribution in [2.24, 2.45) is 0 Å². The largest absolute Gasteiger partial charge is 0.481 e. The third-order valence-corrected chi connectivity index (χ3v) is 3.84. The van der Waals surface area contributed by atoms with Crippen molar-refractivity contribution in [2.75, 3.05) is 29.4 Å². The monoisotopic (exact) mass is 276 g/mol. The zero-order valence-electron chi connectivity index (χ0n) is 12.4. The molecule has 4 nitrogen and oxygen atoms in total. The standard InChI is InChI=1S/C16H24N2O2/c1-13(2)18(12-9-16(19)20)15-7-5-14(6-8-15)17-10-3-4-11-17/h5-8,13H,3-4,9-12H2,1-2H3,(H,19,20). The Morgan fingerprint density at radius 1 is 1.25 bits per heavy atom. The summed E-state index contributed by atoms with van der Waals surface area (Å²) in [6.45, 7) is 7.03. The Bertz CT molecular complexity index is 436. The van der Waals surface area contributed by atoms with E-state index in [9.17, 15) is 4.79 Å². The van der Waals surface area contributed by atoms with Crippen LogP contribution in [-0.2, 0) is 4.79 Å². The molecule has 2 rings (SSSR count). The molecule has 1 aromatic carbocycles. The summed E-state index contributed by atoms with van der Waals surface area (Å²) in [5.41, 5.74) is 2.37. The van der Waals surface area contributed by atoms with Crippen molar-refractivity contribution in [3.8, 4) is 0 Å². The molecule has 0 bridgehead atoms. The van der Waals surface area contributed by atoms with Gasteiger partial charge in [0.2, 0.25) is 0 Å². The van der Waals surface area contributed by atoms with Gasteiger partial charge in [-0.3, -0.25) is 4.79 Å². The van der Waals surface area contributed by atoms with Gasteiger partial charge in [-0.15, -0.1) is 0 Å². The summed E-state index contributed by atoms with van der Waals surface area (Å²) in [6, 6.07) is 8.81. The van der Waals surface area contributed by atoms with E-state index in [1.54, 1.807) is 0 Å². The Labute approximate surface area is 121 Å². The zero-order chi connectivity index (χ0) is 14.5. The van der Waals surface area contributed by atoms with Crippen LogP contribution in [-0.4, -0.2) is 36.8 Å². The number of aliphatic carboxylic acids is 1. The fraction of sp³-hybridized carbons (Fsp3) is 0.562. The highest BCUT2D eigenvalue weighted by atomic mass is 16.4. The van der Waals surface area contributed by atoms with Gasteiger partial charge in [0, 0.05) is 37.1 Å². The molecular formula is C16H24N2O2. The molecule has 0 aliphatic carbocycles. The lowest BCUT2D eigenvalue weighted by Gasteiger charge is -2.29. The molecule has 0 spiro atoms. The predicted molar refractivity (Wildman–Crippen MR) is 82.6 cm³/mol. The molecule has 0 saturated carbocycles. The van der Waals surface area contributed by atoms with E-state index in [0.717, 1.165) is 18.8 Å². The lowest BCUT2D eigenvalue weighted by atomic mass is 10.2. The van der Waals surface area contributed by atoms with Crippen molar-refractivity contribution < 1.29 is 9.90 Å². The fourth-order valence-corrected chi connectivity index (χ4v) is 2.73. The minimum absolute atomic E-state index is 0.173. The van der Waals surface area contributed by atoms with Crippen LogP contribution in [0.25, 0.3) is 0 Å². The van der Waals surface area contributed by atoms with Gasteiger partial charge in [0.15, 0.2) is 0 Å². The van der Waals surface area contributed by atoms with E-state index in [2.05, 4.69) is 47.9 Å². The van der Waals surface area contributed by atoms with Crippen LogP contribution < -0.4 is 9.80 Å². The van der Waals surface area contributed by atoms with E-state index < -0.39 is 5.97 Å². The topological polar surface area (TPSA) is 43.8 Å². The molecule has 1 fully saturated rings. The molecule has 1 heterocycles. The molecular weight excluding hydrogens is 252 g/mol.